The third kappa shape index (κ3) is 3.50. The van der Waals surface area contributed by atoms with Gasteiger partial charge >= 0.3 is 0 Å². The second-order valence-electron chi connectivity index (χ2n) is 3.60. The van der Waals surface area contributed by atoms with Gasteiger partial charge in [-0.15, -0.1) is 0 Å². The number of nitrogens with zero attached hydrogens (tertiary/aromatic N) is 5. The zero-order chi connectivity index (χ0) is 12.0. The highest BCUT2D eigenvalue weighted by Crippen LogP contribution is 2.00. The van der Waals surface area contributed by atoms with Gasteiger partial charge in [0, 0.05) is 7.05 Å². The number of rotatable bonds is 6. The summed E-state index contributed by atoms with van der Waals surface area (Å²) in [6.45, 7) is 4.01. The maximum atomic E-state index is 8.54. The highest BCUT2D eigenvalue weighted by molar-refractivity contribution is 5.81. The molecule has 0 bridgehead atoms. The normalized spacial score (nSPS) is 12.3. The topological polar surface area (TPSA) is 92.6 Å². The van der Waals surface area contributed by atoms with Gasteiger partial charge in [0.1, 0.15) is 12.2 Å². The smallest absolute Gasteiger partial charge is 0.153 e. The van der Waals surface area contributed by atoms with E-state index in [-0.39, 0.29) is 5.84 Å². The van der Waals surface area contributed by atoms with Crippen molar-refractivity contribution in [3.63, 3.8) is 0 Å². The molecule has 1 aromatic heterocycles. The Morgan fingerprint density at radius 2 is 2.44 bits per heavy atom. The van der Waals surface area contributed by atoms with Crippen LogP contribution in [0.5, 0.6) is 0 Å². The monoisotopic (exact) mass is 226 g/mol. The molecule has 1 rings (SSSR count). The van der Waals surface area contributed by atoms with Gasteiger partial charge in [-0.25, -0.2) is 4.98 Å². The predicted molar refractivity (Wildman–Crippen MR) is 60.0 cm³/mol. The molecule has 0 atom stereocenters. The van der Waals surface area contributed by atoms with Gasteiger partial charge in [-0.3, -0.25) is 9.58 Å². The molecular weight excluding hydrogens is 208 g/mol. The fourth-order valence-electron chi connectivity index (χ4n) is 1.45. The maximum Gasteiger partial charge on any atom is 0.153 e. The summed E-state index contributed by atoms with van der Waals surface area (Å²) >= 11 is 0. The molecule has 0 fully saturated rings. The standard InChI is InChI=1S/C9H18N6O/c1-3-4-15(5-8(10)13-16)6-9-11-7-12-14(9)2/h7,16H,3-6H2,1-2H3,(H2,10,13). The highest BCUT2D eigenvalue weighted by Gasteiger charge is 2.10. The van der Waals surface area contributed by atoms with Crippen molar-refractivity contribution in [1.82, 2.24) is 19.7 Å². The number of amidine groups is 1. The number of oxime groups is 1. The molecule has 0 aromatic carbocycles. The Balaban J connectivity index is 2.61. The van der Waals surface area contributed by atoms with E-state index in [1.807, 2.05) is 7.05 Å². The number of hydrogen-bond donors (Lipinski definition) is 2. The summed E-state index contributed by atoms with van der Waals surface area (Å²) in [5.74, 6) is 1.06. The first-order valence-electron chi connectivity index (χ1n) is 5.19. The van der Waals surface area contributed by atoms with E-state index in [1.165, 1.54) is 6.33 Å². The van der Waals surface area contributed by atoms with E-state index in [1.54, 1.807) is 4.68 Å². The van der Waals surface area contributed by atoms with Crippen LogP contribution in [-0.4, -0.2) is 43.8 Å². The van der Waals surface area contributed by atoms with Gasteiger partial charge in [0.25, 0.3) is 0 Å². The lowest BCUT2D eigenvalue weighted by molar-refractivity contribution is 0.278. The number of aromatic nitrogens is 3. The Hall–Kier alpha value is -1.63. The van der Waals surface area contributed by atoms with Crippen LogP contribution in [0.25, 0.3) is 0 Å². The molecule has 0 radical (unpaired) electrons. The van der Waals surface area contributed by atoms with Crippen molar-refractivity contribution >= 4 is 5.84 Å². The minimum Gasteiger partial charge on any atom is -0.409 e. The fourth-order valence-corrected chi connectivity index (χ4v) is 1.45. The molecule has 90 valence electrons. The molecule has 0 spiro atoms. The summed E-state index contributed by atoms with van der Waals surface area (Å²) in [6, 6.07) is 0. The molecule has 16 heavy (non-hydrogen) atoms. The van der Waals surface area contributed by atoms with Gasteiger partial charge in [0.2, 0.25) is 0 Å². The van der Waals surface area contributed by atoms with Crippen LogP contribution in [0.1, 0.15) is 19.2 Å². The average Bonchev–Trinajstić information content (AvgIpc) is 2.64. The lowest BCUT2D eigenvalue weighted by Crippen LogP contribution is -2.34. The molecule has 0 saturated heterocycles. The van der Waals surface area contributed by atoms with Crippen molar-refractivity contribution in [2.24, 2.45) is 17.9 Å². The zero-order valence-corrected chi connectivity index (χ0v) is 9.67. The van der Waals surface area contributed by atoms with Gasteiger partial charge in [-0.05, 0) is 13.0 Å². The third-order valence-corrected chi connectivity index (χ3v) is 2.22. The molecule has 7 nitrogen and oxygen atoms in total. The number of hydrogen-bond acceptors (Lipinski definition) is 5. The summed E-state index contributed by atoms with van der Waals surface area (Å²) in [5.41, 5.74) is 5.49. The van der Waals surface area contributed by atoms with E-state index in [2.05, 4.69) is 27.1 Å². The summed E-state index contributed by atoms with van der Waals surface area (Å²) in [7, 11) is 1.84. The lowest BCUT2D eigenvalue weighted by Gasteiger charge is -2.19. The van der Waals surface area contributed by atoms with Crippen LogP contribution in [0.3, 0.4) is 0 Å². The van der Waals surface area contributed by atoms with E-state index in [4.69, 9.17) is 10.9 Å². The Bertz CT molecular complexity index is 348. The van der Waals surface area contributed by atoms with E-state index >= 15 is 0 Å². The molecule has 0 amide bonds. The summed E-state index contributed by atoms with van der Waals surface area (Å²) in [4.78, 5) is 6.19. The van der Waals surface area contributed by atoms with Gasteiger partial charge in [-0.1, -0.05) is 12.1 Å². The molecule has 0 aliphatic heterocycles. The van der Waals surface area contributed by atoms with Crippen LogP contribution < -0.4 is 5.73 Å². The van der Waals surface area contributed by atoms with Crippen molar-refractivity contribution in [2.75, 3.05) is 13.1 Å². The fraction of sp³-hybridized carbons (Fsp3) is 0.667. The first-order valence-corrected chi connectivity index (χ1v) is 5.19. The van der Waals surface area contributed by atoms with Crippen molar-refractivity contribution < 1.29 is 5.21 Å². The van der Waals surface area contributed by atoms with E-state index in [0.29, 0.717) is 13.1 Å². The van der Waals surface area contributed by atoms with Gasteiger partial charge < -0.3 is 10.9 Å². The second kappa shape index (κ2) is 6.06. The molecule has 3 N–H and O–H groups in total. The number of nitrogens with two attached hydrogens (primary N) is 1. The van der Waals surface area contributed by atoms with E-state index in [9.17, 15) is 0 Å². The van der Waals surface area contributed by atoms with Gasteiger partial charge in [0.05, 0.1) is 13.1 Å². The highest BCUT2D eigenvalue weighted by atomic mass is 16.4. The van der Waals surface area contributed by atoms with E-state index in [0.717, 1.165) is 18.8 Å². The predicted octanol–water partition coefficient (Wildman–Crippen LogP) is -0.226. The van der Waals surface area contributed by atoms with Gasteiger partial charge in [0.15, 0.2) is 5.84 Å². The Morgan fingerprint density at radius 3 is 2.94 bits per heavy atom. The van der Waals surface area contributed by atoms with Crippen LogP contribution in [-0.2, 0) is 13.6 Å². The molecule has 0 unspecified atom stereocenters. The SMILES string of the molecule is CCCN(CC(N)=NO)Cc1ncnn1C. The zero-order valence-electron chi connectivity index (χ0n) is 9.67. The summed E-state index contributed by atoms with van der Waals surface area (Å²) < 4.78 is 1.72. The van der Waals surface area contributed by atoms with Crippen LogP contribution in [0.2, 0.25) is 0 Å². The quantitative estimate of drug-likeness (QED) is 0.302. The molecule has 0 aliphatic carbocycles. The second-order valence-corrected chi connectivity index (χ2v) is 3.60. The summed E-state index contributed by atoms with van der Waals surface area (Å²) in [5, 5.41) is 15.5. The van der Waals surface area contributed by atoms with E-state index < -0.39 is 0 Å². The molecule has 0 saturated carbocycles. The van der Waals surface area contributed by atoms with Gasteiger partial charge in [-0.2, -0.15) is 5.10 Å². The van der Waals surface area contributed by atoms with Crippen LogP contribution in [0.15, 0.2) is 11.5 Å². The van der Waals surface area contributed by atoms with Crippen LogP contribution in [0, 0.1) is 0 Å². The minimum atomic E-state index is 0.204. The van der Waals surface area contributed by atoms with Crippen molar-refractivity contribution in [3.8, 4) is 0 Å². The summed E-state index contributed by atoms with van der Waals surface area (Å²) in [6.07, 6.45) is 2.51. The average molecular weight is 226 g/mol. The van der Waals surface area contributed by atoms with Crippen molar-refractivity contribution in [3.05, 3.63) is 12.2 Å². The minimum absolute atomic E-state index is 0.204. The Labute approximate surface area is 94.6 Å². The molecule has 7 heteroatoms. The molecule has 0 aliphatic rings. The molecular formula is C9H18N6O. The molecule has 1 heterocycles. The first kappa shape index (κ1) is 12.4. The lowest BCUT2D eigenvalue weighted by atomic mass is 10.3. The van der Waals surface area contributed by atoms with Crippen LogP contribution in [0.4, 0.5) is 0 Å². The largest absolute Gasteiger partial charge is 0.409 e. The Kier molecular flexibility index (Phi) is 4.71. The van der Waals surface area contributed by atoms with Crippen molar-refractivity contribution in [1.29, 1.82) is 0 Å². The maximum absolute atomic E-state index is 8.54. The number of aryl methyl sites for hydroxylation is 1. The van der Waals surface area contributed by atoms with Crippen molar-refractivity contribution in [2.45, 2.75) is 19.9 Å². The van der Waals surface area contributed by atoms with Crippen LogP contribution >= 0.6 is 0 Å². The Morgan fingerprint density at radius 1 is 1.69 bits per heavy atom. The molecule has 1 aromatic rings. The third-order valence-electron chi connectivity index (χ3n) is 2.22. The first-order chi connectivity index (χ1) is 7.67.